The van der Waals surface area contributed by atoms with E-state index in [-0.39, 0.29) is 42.8 Å². The summed E-state index contributed by atoms with van der Waals surface area (Å²) in [5, 5.41) is 15.6. The van der Waals surface area contributed by atoms with Crippen LogP contribution in [0.2, 0.25) is 0 Å². The summed E-state index contributed by atoms with van der Waals surface area (Å²) in [4.78, 5) is 47.1. The predicted octanol–water partition coefficient (Wildman–Crippen LogP) is 1.88. The standard InChI is InChI=1S/C20H25F4N3O2.C4H4O4/c1-20(2,24)19(29)26-9-11-3-4-27(17(11)10-26)18(28)7-13(25)5-12-6-15(22)16(23)8-14(12)21;5-3(6)1-2-4(7)8/h6,8,11,13,17H,3-5,7,9-10,25H2,1-2H3;1-2H,(H,5,6)(H,7,8)/t11-,13+,17+;/m0./s1. The molecule has 1 aromatic carbocycles. The molecule has 204 valence electrons. The number of carbonyl (C=O) groups excluding carboxylic acids is 2. The van der Waals surface area contributed by atoms with Gasteiger partial charge in [0.25, 0.3) is 5.91 Å². The van der Waals surface area contributed by atoms with Crippen molar-refractivity contribution in [3.05, 3.63) is 47.3 Å². The molecule has 0 radical (unpaired) electrons. The fourth-order valence-electron chi connectivity index (χ4n) is 4.37. The highest BCUT2D eigenvalue weighted by Gasteiger charge is 2.47. The molecule has 2 aliphatic rings. The molecule has 9 nitrogen and oxygen atoms in total. The van der Waals surface area contributed by atoms with E-state index < -0.39 is 47.0 Å². The number of amides is 2. The van der Waals surface area contributed by atoms with Crippen molar-refractivity contribution < 1.29 is 47.0 Å². The molecule has 2 fully saturated rings. The summed E-state index contributed by atoms with van der Waals surface area (Å²) in [5.74, 6) is -6.63. The molecule has 2 saturated heterocycles. The number of aliphatic carboxylic acids is 2. The Morgan fingerprint density at radius 1 is 1.05 bits per heavy atom. The van der Waals surface area contributed by atoms with Crippen LogP contribution in [0, 0.1) is 23.4 Å². The van der Waals surface area contributed by atoms with E-state index in [0.717, 1.165) is 6.07 Å². The first kappa shape index (κ1) is 29.7. The molecule has 2 heterocycles. The summed E-state index contributed by atoms with van der Waals surface area (Å²) >= 11 is 0. The lowest BCUT2D eigenvalue weighted by molar-refractivity contribution is -0.142. The third-order valence-corrected chi connectivity index (χ3v) is 6.04. The summed E-state index contributed by atoms with van der Waals surface area (Å²) in [6.45, 7) is 3.62. The van der Waals surface area contributed by atoms with E-state index >= 15 is 0 Å². The van der Waals surface area contributed by atoms with Gasteiger partial charge in [0.05, 0.1) is 6.04 Å². The number of alkyl halides is 1. The fraction of sp³-hybridized carbons (Fsp3) is 0.500. The number of carbonyl (C=O) groups is 4. The molecule has 13 heteroatoms. The highest BCUT2D eigenvalue weighted by molar-refractivity contribution is 5.89. The average molecular weight is 532 g/mol. The highest BCUT2D eigenvalue weighted by Crippen LogP contribution is 2.33. The molecule has 4 N–H and O–H groups in total. The predicted molar refractivity (Wildman–Crippen MR) is 122 cm³/mol. The molecule has 3 rings (SSSR count). The van der Waals surface area contributed by atoms with Crippen LogP contribution < -0.4 is 5.73 Å². The van der Waals surface area contributed by atoms with Crippen molar-refractivity contribution in [1.29, 1.82) is 0 Å². The molecule has 3 atom stereocenters. The van der Waals surface area contributed by atoms with Gasteiger partial charge in [-0.25, -0.2) is 27.2 Å². The van der Waals surface area contributed by atoms with Crippen LogP contribution in [-0.4, -0.2) is 81.2 Å². The van der Waals surface area contributed by atoms with Gasteiger partial charge in [-0.15, -0.1) is 0 Å². The van der Waals surface area contributed by atoms with Crippen LogP contribution in [0.1, 0.15) is 32.3 Å². The van der Waals surface area contributed by atoms with Crippen molar-refractivity contribution >= 4 is 23.8 Å². The Bertz CT molecular complexity index is 1060. The number of carboxylic acid groups (broad SMARTS) is 2. The van der Waals surface area contributed by atoms with Crippen LogP contribution >= 0.6 is 0 Å². The maximum Gasteiger partial charge on any atom is 0.328 e. The van der Waals surface area contributed by atoms with Crippen LogP contribution in [0.4, 0.5) is 17.6 Å². The second kappa shape index (κ2) is 12.2. The minimum absolute atomic E-state index is 0.0881. The van der Waals surface area contributed by atoms with Gasteiger partial charge in [0, 0.05) is 56.2 Å². The van der Waals surface area contributed by atoms with E-state index in [2.05, 4.69) is 0 Å². The number of carboxylic acids is 2. The number of hydrogen-bond donors (Lipinski definition) is 3. The Balaban J connectivity index is 0.000000521. The van der Waals surface area contributed by atoms with Gasteiger partial charge in [0.15, 0.2) is 17.3 Å². The quantitative estimate of drug-likeness (QED) is 0.277. The lowest BCUT2D eigenvalue weighted by Crippen LogP contribution is -2.45. The molecule has 0 spiro atoms. The molecule has 0 saturated carbocycles. The van der Waals surface area contributed by atoms with Crippen LogP contribution in [0.5, 0.6) is 0 Å². The van der Waals surface area contributed by atoms with E-state index in [0.29, 0.717) is 37.7 Å². The van der Waals surface area contributed by atoms with E-state index in [9.17, 15) is 36.7 Å². The number of hydrogen-bond acceptors (Lipinski definition) is 5. The van der Waals surface area contributed by atoms with Crippen molar-refractivity contribution in [2.45, 2.75) is 50.9 Å². The minimum Gasteiger partial charge on any atom is -0.478 e. The zero-order chi connectivity index (χ0) is 28.1. The number of rotatable bonds is 7. The first-order valence-corrected chi connectivity index (χ1v) is 11.4. The first-order valence-electron chi connectivity index (χ1n) is 11.4. The SMILES string of the molecule is CC(C)(F)C(=O)N1C[C@@H]2CCN(C(=O)C[C@H](N)Cc3cc(F)c(F)cc3F)[C@@H]2C1.O=C(O)C=CC(=O)O. The van der Waals surface area contributed by atoms with E-state index in [1.165, 1.54) is 18.7 Å². The number of benzene rings is 1. The third-order valence-electron chi connectivity index (χ3n) is 6.04. The smallest absolute Gasteiger partial charge is 0.328 e. The van der Waals surface area contributed by atoms with Gasteiger partial charge >= 0.3 is 11.9 Å². The minimum atomic E-state index is -1.97. The second-order valence-corrected chi connectivity index (χ2v) is 9.42. The van der Waals surface area contributed by atoms with Crippen LogP contribution in [-0.2, 0) is 25.6 Å². The van der Waals surface area contributed by atoms with Crippen molar-refractivity contribution in [2.75, 3.05) is 19.6 Å². The van der Waals surface area contributed by atoms with Crippen molar-refractivity contribution in [1.82, 2.24) is 9.80 Å². The van der Waals surface area contributed by atoms with Gasteiger partial charge in [-0.2, -0.15) is 0 Å². The van der Waals surface area contributed by atoms with Gasteiger partial charge in [-0.05, 0) is 38.3 Å². The van der Waals surface area contributed by atoms with Crippen molar-refractivity contribution in [2.24, 2.45) is 11.7 Å². The average Bonchev–Trinajstić information content (AvgIpc) is 3.36. The van der Waals surface area contributed by atoms with Gasteiger partial charge in [-0.3, -0.25) is 9.59 Å². The number of halogens is 4. The Hall–Kier alpha value is -3.48. The Labute approximate surface area is 210 Å². The molecule has 37 heavy (non-hydrogen) atoms. The van der Waals surface area contributed by atoms with Gasteiger partial charge in [0.2, 0.25) is 5.91 Å². The second-order valence-electron chi connectivity index (χ2n) is 9.42. The molecule has 2 amide bonds. The number of nitrogens with two attached hydrogens (primary N) is 1. The summed E-state index contributed by atoms with van der Waals surface area (Å²) in [7, 11) is 0. The van der Waals surface area contributed by atoms with Crippen molar-refractivity contribution in [3.63, 3.8) is 0 Å². The molecule has 0 aliphatic carbocycles. The summed E-state index contributed by atoms with van der Waals surface area (Å²) in [6.07, 6.45) is 1.62. The molecule has 0 bridgehead atoms. The molecular formula is C24H29F4N3O6. The zero-order valence-electron chi connectivity index (χ0n) is 20.3. The topological polar surface area (TPSA) is 141 Å². The van der Waals surface area contributed by atoms with Gasteiger partial charge < -0.3 is 25.7 Å². The maximum absolute atomic E-state index is 14.0. The molecule has 0 unspecified atom stereocenters. The van der Waals surface area contributed by atoms with Gasteiger partial charge in [-0.1, -0.05) is 0 Å². The summed E-state index contributed by atoms with van der Waals surface area (Å²) < 4.78 is 54.1. The van der Waals surface area contributed by atoms with E-state index in [1.807, 2.05) is 0 Å². The Morgan fingerprint density at radius 3 is 2.16 bits per heavy atom. The Morgan fingerprint density at radius 2 is 1.62 bits per heavy atom. The maximum atomic E-state index is 14.0. The van der Waals surface area contributed by atoms with E-state index in [1.54, 1.807) is 4.90 Å². The van der Waals surface area contributed by atoms with E-state index in [4.69, 9.17) is 15.9 Å². The third kappa shape index (κ3) is 8.27. The molecule has 1 aromatic rings. The highest BCUT2D eigenvalue weighted by atomic mass is 19.2. The fourth-order valence-corrected chi connectivity index (χ4v) is 4.37. The number of nitrogens with zero attached hydrogens (tertiary/aromatic N) is 2. The lowest BCUT2D eigenvalue weighted by atomic mass is 10.0. The van der Waals surface area contributed by atoms with Crippen LogP contribution in [0.15, 0.2) is 24.3 Å². The summed E-state index contributed by atoms with van der Waals surface area (Å²) in [5.41, 5.74) is 3.90. The molecule has 2 aliphatic heterocycles. The van der Waals surface area contributed by atoms with Crippen molar-refractivity contribution in [3.8, 4) is 0 Å². The Kier molecular flexibility index (Phi) is 9.79. The lowest BCUT2D eigenvalue weighted by Gasteiger charge is -2.27. The van der Waals surface area contributed by atoms with Crippen LogP contribution in [0.3, 0.4) is 0 Å². The number of fused-ring (bicyclic) bond motifs is 1. The summed E-state index contributed by atoms with van der Waals surface area (Å²) in [6, 6.07) is 0.242. The molecular weight excluding hydrogens is 502 g/mol. The number of likely N-dealkylation sites (tertiary alicyclic amines) is 2. The monoisotopic (exact) mass is 531 g/mol. The normalized spacial score (nSPS) is 19.9. The van der Waals surface area contributed by atoms with Gasteiger partial charge in [0.1, 0.15) is 5.82 Å². The molecule has 0 aromatic heterocycles. The van der Waals surface area contributed by atoms with Crippen LogP contribution in [0.25, 0.3) is 0 Å². The zero-order valence-corrected chi connectivity index (χ0v) is 20.3. The largest absolute Gasteiger partial charge is 0.478 e. The first-order chi connectivity index (χ1) is 17.1.